The van der Waals surface area contributed by atoms with Gasteiger partial charge in [0.05, 0.1) is 12.1 Å². The molecule has 0 bridgehead atoms. The third-order valence-corrected chi connectivity index (χ3v) is 3.46. The molecular formula is C13H23N5O. The smallest absolute Gasteiger partial charge is 0.148 e. The lowest BCUT2D eigenvalue weighted by Crippen LogP contribution is -2.36. The van der Waals surface area contributed by atoms with Crippen molar-refractivity contribution in [1.82, 2.24) is 9.97 Å². The van der Waals surface area contributed by atoms with E-state index in [4.69, 9.17) is 10.6 Å². The normalized spacial score (nSPS) is 22.8. The fourth-order valence-electron chi connectivity index (χ4n) is 2.11. The fraction of sp³-hybridized carbons (Fsp3) is 0.692. The Morgan fingerprint density at radius 1 is 1.32 bits per heavy atom. The van der Waals surface area contributed by atoms with Crippen LogP contribution < -0.4 is 16.6 Å². The van der Waals surface area contributed by atoms with E-state index in [1.54, 1.807) is 0 Å². The Bertz CT molecular complexity index is 455. The predicted molar refractivity (Wildman–Crippen MR) is 76.1 cm³/mol. The lowest BCUT2D eigenvalue weighted by atomic mass is 10.0. The molecule has 1 aliphatic rings. The number of hydrogen-bond donors (Lipinski definition) is 3. The largest absolute Gasteiger partial charge is 0.379 e. The summed E-state index contributed by atoms with van der Waals surface area (Å²) in [6.07, 6.45) is 0.971. The van der Waals surface area contributed by atoms with E-state index in [0.717, 1.165) is 30.2 Å². The minimum atomic E-state index is -0.0702. The minimum absolute atomic E-state index is 0.0702. The summed E-state index contributed by atoms with van der Waals surface area (Å²) in [5.74, 6) is 8.07. The van der Waals surface area contributed by atoms with E-state index in [-0.39, 0.29) is 11.5 Å². The van der Waals surface area contributed by atoms with Crippen LogP contribution in [0, 0.1) is 6.92 Å². The van der Waals surface area contributed by atoms with Crippen molar-refractivity contribution in [3.05, 3.63) is 11.4 Å². The van der Waals surface area contributed by atoms with Crippen LogP contribution >= 0.6 is 0 Å². The monoisotopic (exact) mass is 265 g/mol. The van der Waals surface area contributed by atoms with E-state index < -0.39 is 0 Å². The first kappa shape index (κ1) is 14.0. The predicted octanol–water partition coefficient (Wildman–Crippen LogP) is 1.78. The molecule has 0 aromatic carbocycles. The summed E-state index contributed by atoms with van der Waals surface area (Å²) in [6, 6.07) is 0. The maximum absolute atomic E-state index is 5.54. The van der Waals surface area contributed by atoms with Crippen molar-refractivity contribution < 1.29 is 4.74 Å². The van der Waals surface area contributed by atoms with Crippen LogP contribution in [-0.4, -0.2) is 28.7 Å². The van der Waals surface area contributed by atoms with E-state index in [2.05, 4.69) is 41.5 Å². The number of ether oxygens (including phenoxy) is 1. The van der Waals surface area contributed by atoms with Gasteiger partial charge in [-0.3, -0.25) is 0 Å². The average molecular weight is 265 g/mol. The first-order chi connectivity index (χ1) is 8.95. The summed E-state index contributed by atoms with van der Waals surface area (Å²) in [5, 5.41) is 3.48. The highest BCUT2D eigenvalue weighted by molar-refractivity contribution is 5.58. The molecule has 0 saturated carbocycles. The molecule has 1 aromatic heterocycles. The zero-order chi connectivity index (χ0) is 14.0. The number of rotatable bonds is 4. The highest BCUT2D eigenvalue weighted by Gasteiger charge is 2.30. The number of anilines is 2. The molecule has 0 spiro atoms. The first-order valence-electron chi connectivity index (χ1n) is 6.66. The van der Waals surface area contributed by atoms with Gasteiger partial charge < -0.3 is 15.5 Å². The van der Waals surface area contributed by atoms with Gasteiger partial charge in [0.15, 0.2) is 0 Å². The zero-order valence-corrected chi connectivity index (χ0v) is 12.1. The second-order valence-electron chi connectivity index (χ2n) is 5.69. The summed E-state index contributed by atoms with van der Waals surface area (Å²) in [4.78, 5) is 9.05. The second kappa shape index (κ2) is 5.30. The van der Waals surface area contributed by atoms with E-state index >= 15 is 0 Å². The Kier molecular flexibility index (Phi) is 3.91. The molecule has 1 fully saturated rings. The van der Waals surface area contributed by atoms with Crippen LogP contribution in [-0.2, 0) is 4.74 Å². The van der Waals surface area contributed by atoms with E-state index in [0.29, 0.717) is 12.4 Å². The van der Waals surface area contributed by atoms with Crippen molar-refractivity contribution in [1.29, 1.82) is 0 Å². The SMILES string of the molecule is Cc1c(NN)nc(C(C)C)nc1NC1(C)CCOC1. The number of nitrogens with one attached hydrogen (secondary N) is 2. The van der Waals surface area contributed by atoms with Gasteiger partial charge in [0.2, 0.25) is 0 Å². The molecule has 1 aliphatic heterocycles. The summed E-state index contributed by atoms with van der Waals surface area (Å²) in [5.41, 5.74) is 3.51. The van der Waals surface area contributed by atoms with Crippen LogP contribution in [0.25, 0.3) is 0 Å². The topological polar surface area (TPSA) is 85.1 Å². The maximum atomic E-state index is 5.54. The molecule has 1 aromatic rings. The number of nitrogen functional groups attached to an aromatic ring is 1. The third kappa shape index (κ3) is 2.96. The number of hydrazine groups is 1. The first-order valence-corrected chi connectivity index (χ1v) is 6.66. The lowest BCUT2D eigenvalue weighted by molar-refractivity contribution is 0.185. The molecule has 4 N–H and O–H groups in total. The van der Waals surface area contributed by atoms with Crippen molar-refractivity contribution in [3.8, 4) is 0 Å². The summed E-state index contributed by atoms with van der Waals surface area (Å²) in [6.45, 7) is 9.71. The van der Waals surface area contributed by atoms with Crippen molar-refractivity contribution in [3.63, 3.8) is 0 Å². The standard InChI is InChI=1S/C13H23N5O/c1-8(2)10-15-11(9(3)12(16-10)18-14)17-13(4)5-6-19-7-13/h8H,5-7,14H2,1-4H3,(H2,15,16,17,18). The number of nitrogens with two attached hydrogens (primary N) is 1. The molecule has 6 nitrogen and oxygen atoms in total. The quantitative estimate of drug-likeness (QED) is 0.568. The molecule has 0 aliphatic carbocycles. The Balaban J connectivity index is 2.35. The van der Waals surface area contributed by atoms with Gasteiger partial charge in [0.1, 0.15) is 17.5 Å². The molecule has 0 radical (unpaired) electrons. The summed E-state index contributed by atoms with van der Waals surface area (Å²) < 4.78 is 5.46. The van der Waals surface area contributed by atoms with Crippen LogP contribution in [0.1, 0.15) is 44.5 Å². The van der Waals surface area contributed by atoms with E-state index in [9.17, 15) is 0 Å². The van der Waals surface area contributed by atoms with Crippen LogP contribution in [0.4, 0.5) is 11.6 Å². The van der Waals surface area contributed by atoms with Crippen molar-refractivity contribution in [2.75, 3.05) is 24.0 Å². The maximum Gasteiger partial charge on any atom is 0.148 e. The molecule has 1 saturated heterocycles. The van der Waals surface area contributed by atoms with Crippen LogP contribution in [0.15, 0.2) is 0 Å². The number of hydrogen-bond acceptors (Lipinski definition) is 6. The van der Waals surface area contributed by atoms with Gasteiger partial charge in [-0.25, -0.2) is 15.8 Å². The Morgan fingerprint density at radius 2 is 2.00 bits per heavy atom. The molecule has 0 amide bonds. The van der Waals surface area contributed by atoms with Gasteiger partial charge in [-0.1, -0.05) is 13.8 Å². The van der Waals surface area contributed by atoms with Gasteiger partial charge in [-0.2, -0.15) is 0 Å². The van der Waals surface area contributed by atoms with Crippen molar-refractivity contribution in [2.24, 2.45) is 5.84 Å². The van der Waals surface area contributed by atoms with Crippen LogP contribution in [0.5, 0.6) is 0 Å². The molecule has 1 atom stereocenters. The van der Waals surface area contributed by atoms with E-state index in [1.165, 1.54) is 0 Å². The molecule has 6 heteroatoms. The Hall–Kier alpha value is -1.40. The Morgan fingerprint density at radius 3 is 2.53 bits per heavy atom. The van der Waals surface area contributed by atoms with Gasteiger partial charge in [-0.05, 0) is 20.3 Å². The lowest BCUT2D eigenvalue weighted by Gasteiger charge is -2.26. The van der Waals surface area contributed by atoms with Crippen LogP contribution in [0.3, 0.4) is 0 Å². The summed E-state index contributed by atoms with van der Waals surface area (Å²) in [7, 11) is 0. The number of aromatic nitrogens is 2. The molecule has 1 unspecified atom stereocenters. The Labute approximate surface area is 114 Å². The molecule has 2 heterocycles. The fourth-order valence-corrected chi connectivity index (χ4v) is 2.11. The van der Waals surface area contributed by atoms with Crippen LogP contribution in [0.2, 0.25) is 0 Å². The third-order valence-electron chi connectivity index (χ3n) is 3.46. The molecule has 106 valence electrons. The average Bonchev–Trinajstić information content (AvgIpc) is 2.78. The molecule has 2 rings (SSSR count). The molecular weight excluding hydrogens is 242 g/mol. The van der Waals surface area contributed by atoms with Gasteiger partial charge in [-0.15, -0.1) is 0 Å². The van der Waals surface area contributed by atoms with E-state index in [1.807, 2.05) is 6.92 Å². The van der Waals surface area contributed by atoms with Gasteiger partial charge in [0, 0.05) is 18.1 Å². The van der Waals surface area contributed by atoms with Crippen molar-refractivity contribution in [2.45, 2.75) is 45.6 Å². The summed E-state index contributed by atoms with van der Waals surface area (Å²) >= 11 is 0. The minimum Gasteiger partial charge on any atom is -0.379 e. The number of nitrogens with zero attached hydrogens (tertiary/aromatic N) is 2. The van der Waals surface area contributed by atoms with Crippen molar-refractivity contribution >= 4 is 11.6 Å². The highest BCUT2D eigenvalue weighted by atomic mass is 16.5. The van der Waals surface area contributed by atoms with Gasteiger partial charge >= 0.3 is 0 Å². The second-order valence-corrected chi connectivity index (χ2v) is 5.69. The molecule has 19 heavy (non-hydrogen) atoms. The van der Waals surface area contributed by atoms with Gasteiger partial charge in [0.25, 0.3) is 0 Å². The highest BCUT2D eigenvalue weighted by Crippen LogP contribution is 2.28. The zero-order valence-electron chi connectivity index (χ0n) is 12.1.